The van der Waals surface area contributed by atoms with Gasteiger partial charge in [0.25, 0.3) is 0 Å². The predicted octanol–water partition coefficient (Wildman–Crippen LogP) is 6.33. The first-order valence-corrected chi connectivity index (χ1v) is 7.62. The zero-order valence-electron chi connectivity index (χ0n) is 12.4. The van der Waals surface area contributed by atoms with Crippen molar-refractivity contribution < 1.29 is 4.74 Å². The summed E-state index contributed by atoms with van der Waals surface area (Å²) < 4.78 is 5.73. The van der Waals surface area contributed by atoms with Crippen molar-refractivity contribution in [2.24, 2.45) is 10.2 Å². The Morgan fingerprint density at radius 1 is 0.696 bits per heavy atom. The van der Waals surface area contributed by atoms with E-state index in [4.69, 9.17) is 16.3 Å². The highest BCUT2D eigenvalue weighted by Crippen LogP contribution is 2.23. The number of halogens is 1. The molecule has 114 valence electrons. The number of ether oxygens (including phenoxy) is 1. The van der Waals surface area contributed by atoms with E-state index in [2.05, 4.69) is 10.2 Å². The van der Waals surface area contributed by atoms with Gasteiger partial charge in [0.2, 0.25) is 0 Å². The molecule has 4 heteroatoms. The van der Waals surface area contributed by atoms with Gasteiger partial charge in [-0.3, -0.25) is 0 Å². The monoisotopic (exact) mass is 322 g/mol. The molecule has 0 radical (unpaired) electrons. The number of nitrogens with zero attached hydrogens (tertiary/aromatic N) is 2. The van der Waals surface area contributed by atoms with Gasteiger partial charge in [0.1, 0.15) is 12.4 Å². The maximum Gasteiger partial charge on any atom is 0.119 e. The average Bonchev–Trinajstić information content (AvgIpc) is 2.61. The Morgan fingerprint density at radius 2 is 1.30 bits per heavy atom. The molecule has 0 saturated heterocycles. The van der Waals surface area contributed by atoms with Gasteiger partial charge in [0.15, 0.2) is 0 Å². The van der Waals surface area contributed by atoms with Crippen molar-refractivity contribution in [1.29, 1.82) is 0 Å². The van der Waals surface area contributed by atoms with Crippen LogP contribution in [0.15, 0.2) is 89.1 Å². The molecule has 0 atom stereocenters. The quantitative estimate of drug-likeness (QED) is 0.505. The summed E-state index contributed by atoms with van der Waals surface area (Å²) in [5.41, 5.74) is 2.56. The van der Waals surface area contributed by atoms with Crippen LogP contribution in [0.1, 0.15) is 5.56 Å². The number of hydrogen-bond acceptors (Lipinski definition) is 3. The number of benzene rings is 3. The van der Waals surface area contributed by atoms with Gasteiger partial charge in [-0.15, -0.1) is 0 Å². The molecule has 3 nitrogen and oxygen atoms in total. The summed E-state index contributed by atoms with van der Waals surface area (Å²) in [5, 5.41) is 9.09. The van der Waals surface area contributed by atoms with E-state index in [0.29, 0.717) is 11.6 Å². The van der Waals surface area contributed by atoms with Crippen LogP contribution in [0.4, 0.5) is 11.4 Å². The van der Waals surface area contributed by atoms with E-state index in [1.165, 1.54) is 0 Å². The first-order chi connectivity index (χ1) is 11.3. The van der Waals surface area contributed by atoms with Crippen molar-refractivity contribution in [2.75, 3.05) is 0 Å². The number of hydrogen-bond donors (Lipinski definition) is 0. The lowest BCUT2D eigenvalue weighted by molar-refractivity contribution is 0.306. The smallest absolute Gasteiger partial charge is 0.119 e. The van der Waals surface area contributed by atoms with Gasteiger partial charge >= 0.3 is 0 Å². The van der Waals surface area contributed by atoms with Crippen LogP contribution in [0.3, 0.4) is 0 Å². The SMILES string of the molecule is Clc1ccccc1COc1ccc(N=Nc2ccccc2)cc1. The molecule has 0 heterocycles. The molecule has 0 unspecified atom stereocenters. The lowest BCUT2D eigenvalue weighted by Gasteiger charge is -2.07. The second-order valence-corrected chi connectivity index (χ2v) is 5.32. The Morgan fingerprint density at radius 3 is 2.00 bits per heavy atom. The van der Waals surface area contributed by atoms with Crippen molar-refractivity contribution in [2.45, 2.75) is 6.61 Å². The maximum absolute atomic E-state index is 6.11. The summed E-state index contributed by atoms with van der Waals surface area (Å²) in [6.07, 6.45) is 0. The summed E-state index contributed by atoms with van der Waals surface area (Å²) in [6, 6.07) is 24.8. The van der Waals surface area contributed by atoms with Gasteiger partial charge in [-0.1, -0.05) is 48.0 Å². The van der Waals surface area contributed by atoms with Crippen LogP contribution in [0.25, 0.3) is 0 Å². The minimum absolute atomic E-state index is 0.435. The van der Waals surface area contributed by atoms with Crippen molar-refractivity contribution in [1.82, 2.24) is 0 Å². The lowest BCUT2D eigenvalue weighted by Crippen LogP contribution is -1.95. The van der Waals surface area contributed by atoms with E-state index in [-0.39, 0.29) is 0 Å². The highest BCUT2D eigenvalue weighted by Gasteiger charge is 2.00. The van der Waals surface area contributed by atoms with Crippen LogP contribution < -0.4 is 4.74 Å². The molecule has 23 heavy (non-hydrogen) atoms. The van der Waals surface area contributed by atoms with E-state index in [9.17, 15) is 0 Å². The van der Waals surface area contributed by atoms with Gasteiger partial charge in [-0.05, 0) is 42.5 Å². The van der Waals surface area contributed by atoms with Crippen molar-refractivity contribution in [3.63, 3.8) is 0 Å². The van der Waals surface area contributed by atoms with E-state index < -0.39 is 0 Å². The van der Waals surface area contributed by atoms with Crippen molar-refractivity contribution >= 4 is 23.0 Å². The Balaban J connectivity index is 1.61. The lowest BCUT2D eigenvalue weighted by atomic mass is 10.2. The molecular weight excluding hydrogens is 308 g/mol. The minimum Gasteiger partial charge on any atom is -0.489 e. The molecule has 0 amide bonds. The van der Waals surface area contributed by atoms with Gasteiger partial charge in [-0.25, -0.2) is 0 Å². The van der Waals surface area contributed by atoms with Crippen LogP contribution in [-0.2, 0) is 6.61 Å². The second-order valence-electron chi connectivity index (χ2n) is 4.91. The first kappa shape index (κ1) is 15.3. The molecule has 0 aromatic heterocycles. The fourth-order valence-corrected chi connectivity index (χ4v) is 2.19. The fraction of sp³-hybridized carbons (Fsp3) is 0.0526. The van der Waals surface area contributed by atoms with Gasteiger partial charge in [0, 0.05) is 10.6 Å². The van der Waals surface area contributed by atoms with Gasteiger partial charge in [0.05, 0.1) is 11.4 Å². The first-order valence-electron chi connectivity index (χ1n) is 7.24. The van der Waals surface area contributed by atoms with Crippen LogP contribution in [0, 0.1) is 0 Å². The predicted molar refractivity (Wildman–Crippen MR) is 92.8 cm³/mol. The summed E-state index contributed by atoms with van der Waals surface area (Å²) in [6.45, 7) is 0.435. The van der Waals surface area contributed by atoms with Gasteiger partial charge in [-0.2, -0.15) is 10.2 Å². The molecule has 0 saturated carbocycles. The molecule has 3 aromatic carbocycles. The van der Waals surface area contributed by atoms with Crippen LogP contribution in [0.5, 0.6) is 5.75 Å². The highest BCUT2D eigenvalue weighted by molar-refractivity contribution is 6.31. The normalized spacial score (nSPS) is 10.8. The summed E-state index contributed by atoms with van der Waals surface area (Å²) in [4.78, 5) is 0. The van der Waals surface area contributed by atoms with E-state index >= 15 is 0 Å². The highest BCUT2D eigenvalue weighted by atomic mass is 35.5. The minimum atomic E-state index is 0.435. The summed E-state index contributed by atoms with van der Waals surface area (Å²) in [7, 11) is 0. The van der Waals surface area contributed by atoms with E-state index in [1.807, 2.05) is 78.9 Å². The molecule has 0 fully saturated rings. The fourth-order valence-electron chi connectivity index (χ4n) is 2.00. The topological polar surface area (TPSA) is 34.0 Å². The molecule has 0 aliphatic heterocycles. The molecule has 0 bridgehead atoms. The molecule has 3 aromatic rings. The van der Waals surface area contributed by atoms with Crippen molar-refractivity contribution in [3.05, 3.63) is 89.4 Å². The van der Waals surface area contributed by atoms with Crippen LogP contribution >= 0.6 is 11.6 Å². The Kier molecular flexibility index (Phi) is 5.02. The Labute approximate surface area is 140 Å². The van der Waals surface area contributed by atoms with E-state index in [1.54, 1.807) is 0 Å². The molecular formula is C19H15ClN2O. The third-order valence-electron chi connectivity index (χ3n) is 3.23. The third-order valence-corrected chi connectivity index (χ3v) is 3.59. The summed E-state index contributed by atoms with van der Waals surface area (Å²) >= 11 is 6.11. The van der Waals surface area contributed by atoms with Crippen molar-refractivity contribution in [3.8, 4) is 5.75 Å². The van der Waals surface area contributed by atoms with E-state index in [0.717, 1.165) is 22.7 Å². The standard InChI is InChI=1S/C19H15ClN2O/c20-19-9-5-4-6-15(19)14-23-18-12-10-17(11-13-18)22-21-16-7-2-1-3-8-16/h1-13H,14H2. The van der Waals surface area contributed by atoms with Crippen LogP contribution in [-0.4, -0.2) is 0 Å². The second kappa shape index (κ2) is 7.56. The molecule has 0 spiro atoms. The summed E-state index contributed by atoms with van der Waals surface area (Å²) in [5.74, 6) is 0.767. The number of rotatable bonds is 5. The zero-order valence-corrected chi connectivity index (χ0v) is 13.1. The average molecular weight is 323 g/mol. The number of azo groups is 1. The largest absolute Gasteiger partial charge is 0.489 e. The van der Waals surface area contributed by atoms with Crippen LogP contribution in [0.2, 0.25) is 5.02 Å². The zero-order chi connectivity index (χ0) is 15.9. The van der Waals surface area contributed by atoms with Gasteiger partial charge < -0.3 is 4.74 Å². The molecule has 0 N–H and O–H groups in total. The Hall–Kier alpha value is -2.65. The molecule has 0 aliphatic rings. The molecule has 0 aliphatic carbocycles. The maximum atomic E-state index is 6.11. The third kappa shape index (κ3) is 4.41. The molecule has 3 rings (SSSR count). The Bertz CT molecular complexity index is 786.